The molecule has 26 heavy (non-hydrogen) atoms. The summed E-state index contributed by atoms with van der Waals surface area (Å²) in [6.45, 7) is 4.49. The predicted molar refractivity (Wildman–Crippen MR) is 101 cm³/mol. The van der Waals surface area contributed by atoms with Crippen molar-refractivity contribution in [2.24, 2.45) is 0 Å². The van der Waals surface area contributed by atoms with Crippen LogP contribution in [0.1, 0.15) is 30.9 Å². The minimum atomic E-state index is -0.386. The highest BCUT2D eigenvalue weighted by molar-refractivity contribution is 5.76. The molecule has 1 aliphatic rings. The molecule has 5 heteroatoms. The number of phenolic OH excluding ortho intramolecular Hbond substituents is 2. The standard InChI is InChI=1S/C21H26N2O3/c1-21(16-3-7-18(24)8-4-16,17-5-9-19(25)10-6-17)12-11-20(26)23-14-13-22(2)15-23/h3-10,24-25H,11-15H2,1-2H3. The predicted octanol–water partition coefficient (Wildman–Crippen LogP) is 2.92. The van der Waals surface area contributed by atoms with Crippen molar-refractivity contribution in [1.82, 2.24) is 9.80 Å². The molecule has 0 bridgehead atoms. The topological polar surface area (TPSA) is 64.0 Å². The quantitative estimate of drug-likeness (QED) is 0.867. The average Bonchev–Trinajstić information content (AvgIpc) is 3.07. The molecule has 1 aliphatic heterocycles. The Balaban J connectivity index is 1.84. The normalized spacial score (nSPS) is 15.4. The lowest BCUT2D eigenvalue weighted by molar-refractivity contribution is -0.131. The lowest BCUT2D eigenvalue weighted by atomic mass is 9.73. The third-order valence-electron chi connectivity index (χ3n) is 5.36. The minimum Gasteiger partial charge on any atom is -0.508 e. The van der Waals surface area contributed by atoms with Gasteiger partial charge < -0.3 is 15.1 Å². The maximum Gasteiger partial charge on any atom is 0.223 e. The van der Waals surface area contributed by atoms with Crippen molar-refractivity contribution in [3.8, 4) is 11.5 Å². The molecule has 0 unspecified atom stereocenters. The van der Waals surface area contributed by atoms with Crippen LogP contribution in [-0.2, 0) is 10.2 Å². The molecule has 5 nitrogen and oxygen atoms in total. The zero-order chi connectivity index (χ0) is 18.7. The fourth-order valence-corrected chi connectivity index (χ4v) is 3.56. The largest absolute Gasteiger partial charge is 0.508 e. The van der Waals surface area contributed by atoms with Crippen molar-refractivity contribution in [2.75, 3.05) is 26.8 Å². The van der Waals surface area contributed by atoms with Crippen LogP contribution in [0.4, 0.5) is 0 Å². The van der Waals surface area contributed by atoms with Gasteiger partial charge >= 0.3 is 0 Å². The van der Waals surface area contributed by atoms with Crippen molar-refractivity contribution in [3.63, 3.8) is 0 Å². The molecule has 1 amide bonds. The Morgan fingerprint density at radius 3 is 1.88 bits per heavy atom. The number of phenols is 2. The molecule has 0 aliphatic carbocycles. The Bertz CT molecular complexity index is 710. The molecule has 2 aromatic rings. The Morgan fingerprint density at radius 2 is 1.46 bits per heavy atom. The van der Waals surface area contributed by atoms with E-state index < -0.39 is 0 Å². The Kier molecular flexibility index (Phi) is 5.18. The molecule has 0 spiro atoms. The highest BCUT2D eigenvalue weighted by atomic mass is 16.3. The van der Waals surface area contributed by atoms with Crippen molar-refractivity contribution < 1.29 is 15.0 Å². The monoisotopic (exact) mass is 354 g/mol. The van der Waals surface area contributed by atoms with E-state index in [0.29, 0.717) is 19.5 Å². The highest BCUT2D eigenvalue weighted by Crippen LogP contribution is 2.38. The molecular formula is C21H26N2O3. The van der Waals surface area contributed by atoms with Gasteiger partial charge in [-0.05, 0) is 48.9 Å². The smallest absolute Gasteiger partial charge is 0.223 e. The summed E-state index contributed by atoms with van der Waals surface area (Å²) in [5.41, 5.74) is 1.68. The van der Waals surface area contributed by atoms with E-state index in [4.69, 9.17) is 0 Å². The summed E-state index contributed by atoms with van der Waals surface area (Å²) >= 11 is 0. The number of nitrogens with zero attached hydrogens (tertiary/aromatic N) is 2. The van der Waals surface area contributed by atoms with Crippen LogP contribution in [0.5, 0.6) is 11.5 Å². The van der Waals surface area contributed by atoms with Crippen LogP contribution in [0.25, 0.3) is 0 Å². The van der Waals surface area contributed by atoms with Gasteiger partial charge in [0.25, 0.3) is 0 Å². The molecule has 0 aromatic heterocycles. The van der Waals surface area contributed by atoms with Gasteiger partial charge in [-0.25, -0.2) is 0 Å². The van der Waals surface area contributed by atoms with Gasteiger partial charge in [0, 0.05) is 24.9 Å². The number of amides is 1. The number of rotatable bonds is 5. The minimum absolute atomic E-state index is 0.165. The number of hydrogen-bond donors (Lipinski definition) is 2. The van der Waals surface area contributed by atoms with Gasteiger partial charge in [0.15, 0.2) is 0 Å². The zero-order valence-corrected chi connectivity index (χ0v) is 15.4. The Labute approximate surface area is 154 Å². The number of aromatic hydroxyl groups is 2. The molecule has 2 aromatic carbocycles. The van der Waals surface area contributed by atoms with Crippen LogP contribution in [0.3, 0.4) is 0 Å². The lowest BCUT2D eigenvalue weighted by Crippen LogP contribution is -2.32. The van der Waals surface area contributed by atoms with Crippen LogP contribution in [0.15, 0.2) is 48.5 Å². The summed E-state index contributed by atoms with van der Waals surface area (Å²) in [7, 11) is 2.02. The summed E-state index contributed by atoms with van der Waals surface area (Å²) in [6, 6.07) is 14.3. The van der Waals surface area contributed by atoms with Crippen LogP contribution < -0.4 is 0 Å². The van der Waals surface area contributed by atoms with Crippen molar-refractivity contribution in [3.05, 3.63) is 59.7 Å². The van der Waals surface area contributed by atoms with Gasteiger partial charge in [0.2, 0.25) is 5.91 Å². The summed E-state index contributed by atoms with van der Waals surface area (Å²) < 4.78 is 0. The fraction of sp³-hybridized carbons (Fsp3) is 0.381. The molecule has 0 saturated carbocycles. The third kappa shape index (κ3) is 3.83. The average molecular weight is 354 g/mol. The van der Waals surface area contributed by atoms with Crippen LogP contribution >= 0.6 is 0 Å². The second-order valence-electron chi connectivity index (χ2n) is 7.30. The molecule has 1 saturated heterocycles. The summed E-state index contributed by atoms with van der Waals surface area (Å²) in [5, 5.41) is 19.2. The van der Waals surface area contributed by atoms with E-state index in [2.05, 4.69) is 11.8 Å². The first kappa shape index (κ1) is 18.3. The fourth-order valence-electron chi connectivity index (χ4n) is 3.56. The van der Waals surface area contributed by atoms with Crippen LogP contribution in [0.2, 0.25) is 0 Å². The van der Waals surface area contributed by atoms with Gasteiger partial charge in [0.1, 0.15) is 11.5 Å². The first-order chi connectivity index (χ1) is 12.4. The molecular weight excluding hydrogens is 328 g/mol. The van der Waals surface area contributed by atoms with Gasteiger partial charge in [0.05, 0.1) is 6.67 Å². The maximum absolute atomic E-state index is 12.6. The van der Waals surface area contributed by atoms with Gasteiger partial charge in [-0.1, -0.05) is 31.2 Å². The molecule has 2 N–H and O–H groups in total. The Morgan fingerprint density at radius 1 is 0.962 bits per heavy atom. The van der Waals surface area contributed by atoms with Crippen molar-refractivity contribution >= 4 is 5.91 Å². The summed E-state index contributed by atoms with van der Waals surface area (Å²) in [4.78, 5) is 16.7. The second kappa shape index (κ2) is 7.38. The first-order valence-corrected chi connectivity index (χ1v) is 8.94. The van der Waals surface area contributed by atoms with E-state index in [1.165, 1.54) is 0 Å². The molecule has 3 rings (SSSR count). The number of benzene rings is 2. The zero-order valence-electron chi connectivity index (χ0n) is 15.4. The number of carbonyl (C=O) groups excluding carboxylic acids is 1. The van der Waals surface area contributed by atoms with Gasteiger partial charge in [-0.2, -0.15) is 0 Å². The van der Waals surface area contributed by atoms with Crippen molar-refractivity contribution in [1.29, 1.82) is 0 Å². The van der Waals surface area contributed by atoms with E-state index in [1.807, 2.05) is 36.2 Å². The number of carbonyl (C=O) groups is 1. The maximum atomic E-state index is 12.6. The molecule has 138 valence electrons. The number of hydrogen-bond acceptors (Lipinski definition) is 4. The van der Waals surface area contributed by atoms with Crippen molar-refractivity contribution in [2.45, 2.75) is 25.2 Å². The van der Waals surface area contributed by atoms with Crippen LogP contribution in [-0.4, -0.2) is 52.7 Å². The second-order valence-corrected chi connectivity index (χ2v) is 7.30. The lowest BCUT2D eigenvalue weighted by Gasteiger charge is -2.32. The summed E-state index contributed by atoms with van der Waals surface area (Å²) in [5.74, 6) is 0.606. The molecule has 1 fully saturated rings. The Hall–Kier alpha value is -2.53. The van der Waals surface area contributed by atoms with E-state index in [-0.39, 0.29) is 22.8 Å². The molecule has 0 radical (unpaired) electrons. The number of likely N-dealkylation sites (N-methyl/N-ethyl adjacent to an activating group) is 1. The van der Waals surface area contributed by atoms with E-state index in [9.17, 15) is 15.0 Å². The summed E-state index contributed by atoms with van der Waals surface area (Å²) in [6.07, 6.45) is 1.10. The van der Waals surface area contributed by atoms with Gasteiger partial charge in [-0.15, -0.1) is 0 Å². The molecule has 0 atom stereocenters. The highest BCUT2D eigenvalue weighted by Gasteiger charge is 2.31. The third-order valence-corrected chi connectivity index (χ3v) is 5.36. The van der Waals surface area contributed by atoms with E-state index in [0.717, 1.165) is 24.2 Å². The van der Waals surface area contributed by atoms with Gasteiger partial charge in [-0.3, -0.25) is 9.69 Å². The first-order valence-electron chi connectivity index (χ1n) is 8.94. The van der Waals surface area contributed by atoms with E-state index in [1.54, 1.807) is 24.3 Å². The molecule has 1 heterocycles. The van der Waals surface area contributed by atoms with E-state index >= 15 is 0 Å². The SMILES string of the molecule is CN1CCN(C(=O)CCC(C)(c2ccc(O)cc2)c2ccc(O)cc2)C1. The van der Waals surface area contributed by atoms with Crippen LogP contribution in [0, 0.1) is 0 Å².